The van der Waals surface area contributed by atoms with Crippen molar-refractivity contribution < 1.29 is 9.52 Å². The van der Waals surface area contributed by atoms with Crippen LogP contribution in [0, 0.1) is 6.92 Å². The quantitative estimate of drug-likeness (QED) is 0.630. The highest BCUT2D eigenvalue weighted by atomic mass is 32.1. The molecule has 120 valence electrons. The average Bonchev–Trinajstić information content (AvgIpc) is 3.14. The monoisotopic (exact) mass is 322 g/mol. The van der Waals surface area contributed by atoms with E-state index in [4.69, 9.17) is 4.42 Å². The van der Waals surface area contributed by atoms with Crippen LogP contribution in [0.15, 0.2) is 33.2 Å². The zero-order valence-corrected chi connectivity index (χ0v) is 13.9. The van der Waals surface area contributed by atoms with Gasteiger partial charge in [0.15, 0.2) is 5.96 Å². The molecule has 0 bridgehead atoms. The third-order valence-electron chi connectivity index (χ3n) is 3.05. The van der Waals surface area contributed by atoms with Crippen LogP contribution in [0.4, 0.5) is 0 Å². The summed E-state index contributed by atoms with van der Waals surface area (Å²) in [6.07, 6.45) is 0.808. The Bertz CT molecular complexity index is 594. The third kappa shape index (κ3) is 4.57. The van der Waals surface area contributed by atoms with Crippen molar-refractivity contribution in [3.63, 3.8) is 0 Å². The number of aliphatic hydroxyl groups excluding tert-OH is 1. The normalized spacial score (nSPS) is 13.2. The fourth-order valence-electron chi connectivity index (χ4n) is 2.01. The molecular formula is C15H22N4O2S. The van der Waals surface area contributed by atoms with Gasteiger partial charge in [0.2, 0.25) is 0 Å². The lowest BCUT2D eigenvalue weighted by Crippen LogP contribution is -2.38. The van der Waals surface area contributed by atoms with Gasteiger partial charge in [-0.3, -0.25) is 0 Å². The second kappa shape index (κ2) is 7.95. The second-order valence-electron chi connectivity index (χ2n) is 4.94. The SMILES string of the molecule is CCNC(=NCC(O)c1ccco1)N(C)Cc1csc(C)n1. The van der Waals surface area contributed by atoms with Crippen molar-refractivity contribution in [3.05, 3.63) is 40.2 Å². The van der Waals surface area contributed by atoms with Crippen LogP contribution in [0.3, 0.4) is 0 Å². The van der Waals surface area contributed by atoms with E-state index in [0.717, 1.165) is 23.2 Å². The van der Waals surface area contributed by atoms with Crippen LogP contribution in [-0.2, 0) is 6.54 Å². The number of thiazole rings is 1. The maximum absolute atomic E-state index is 10.0. The molecule has 0 amide bonds. The Kier molecular flexibility index (Phi) is 5.97. The number of hydrogen-bond donors (Lipinski definition) is 2. The maximum Gasteiger partial charge on any atom is 0.194 e. The van der Waals surface area contributed by atoms with Gasteiger partial charge in [0.05, 0.1) is 30.1 Å². The molecule has 2 rings (SSSR count). The van der Waals surface area contributed by atoms with Gasteiger partial charge in [0.25, 0.3) is 0 Å². The van der Waals surface area contributed by atoms with E-state index in [1.165, 1.54) is 0 Å². The number of aliphatic hydroxyl groups is 1. The van der Waals surface area contributed by atoms with Crippen LogP contribution in [0.25, 0.3) is 0 Å². The van der Waals surface area contributed by atoms with Crippen LogP contribution < -0.4 is 5.32 Å². The smallest absolute Gasteiger partial charge is 0.194 e. The lowest BCUT2D eigenvalue weighted by Gasteiger charge is -2.21. The topological polar surface area (TPSA) is 73.9 Å². The van der Waals surface area contributed by atoms with Crippen LogP contribution in [0.1, 0.15) is 29.5 Å². The Labute approximate surface area is 134 Å². The summed E-state index contributed by atoms with van der Waals surface area (Å²) in [6, 6.07) is 3.50. The molecular weight excluding hydrogens is 300 g/mol. The predicted octanol–water partition coefficient (Wildman–Crippen LogP) is 2.18. The fraction of sp³-hybridized carbons (Fsp3) is 0.467. The number of aromatic nitrogens is 1. The van der Waals surface area contributed by atoms with Gasteiger partial charge in [-0.2, -0.15) is 0 Å². The van der Waals surface area contributed by atoms with Crippen LogP contribution in [-0.4, -0.2) is 41.1 Å². The molecule has 0 aliphatic carbocycles. The molecule has 0 aromatic carbocycles. The molecule has 2 N–H and O–H groups in total. The molecule has 0 spiro atoms. The van der Waals surface area contributed by atoms with Gasteiger partial charge in [0, 0.05) is 19.0 Å². The minimum atomic E-state index is -0.737. The summed E-state index contributed by atoms with van der Waals surface area (Å²) in [5.74, 6) is 1.26. The largest absolute Gasteiger partial charge is 0.467 e. The van der Waals surface area contributed by atoms with Crippen molar-refractivity contribution in [2.24, 2.45) is 4.99 Å². The van der Waals surface area contributed by atoms with E-state index >= 15 is 0 Å². The zero-order valence-electron chi connectivity index (χ0n) is 13.1. The maximum atomic E-state index is 10.0. The van der Waals surface area contributed by atoms with Gasteiger partial charge in [-0.1, -0.05) is 0 Å². The summed E-state index contributed by atoms with van der Waals surface area (Å²) in [7, 11) is 1.95. The highest BCUT2D eigenvalue weighted by Crippen LogP contribution is 2.14. The van der Waals surface area contributed by atoms with Crippen LogP contribution in [0.5, 0.6) is 0 Å². The van der Waals surface area contributed by atoms with Gasteiger partial charge in [-0.05, 0) is 26.0 Å². The van der Waals surface area contributed by atoms with E-state index in [-0.39, 0.29) is 6.54 Å². The highest BCUT2D eigenvalue weighted by Gasteiger charge is 2.12. The van der Waals surface area contributed by atoms with Crippen LogP contribution >= 0.6 is 11.3 Å². The van der Waals surface area contributed by atoms with Gasteiger partial charge in [-0.15, -0.1) is 11.3 Å². The predicted molar refractivity (Wildman–Crippen MR) is 88.0 cm³/mol. The Morgan fingerprint density at radius 3 is 3.00 bits per heavy atom. The summed E-state index contributed by atoms with van der Waals surface area (Å²) in [4.78, 5) is 10.9. The fourth-order valence-corrected chi connectivity index (χ4v) is 2.62. The van der Waals surface area contributed by atoms with Crippen LogP contribution in [0.2, 0.25) is 0 Å². The number of nitrogens with one attached hydrogen (secondary N) is 1. The van der Waals surface area contributed by atoms with E-state index in [1.807, 2.05) is 31.2 Å². The second-order valence-corrected chi connectivity index (χ2v) is 6.00. The lowest BCUT2D eigenvalue weighted by molar-refractivity contribution is 0.158. The summed E-state index contributed by atoms with van der Waals surface area (Å²) >= 11 is 1.64. The minimum absolute atomic E-state index is 0.246. The highest BCUT2D eigenvalue weighted by molar-refractivity contribution is 7.09. The number of aryl methyl sites for hydroxylation is 1. The number of furan rings is 1. The molecule has 1 unspecified atom stereocenters. The first-order valence-electron chi connectivity index (χ1n) is 7.22. The van der Waals surface area contributed by atoms with Gasteiger partial charge < -0.3 is 19.7 Å². The Morgan fingerprint density at radius 1 is 1.59 bits per heavy atom. The molecule has 2 aromatic rings. The number of rotatable bonds is 6. The van der Waals surface area contributed by atoms with E-state index in [2.05, 4.69) is 15.3 Å². The van der Waals surface area contributed by atoms with Gasteiger partial charge >= 0.3 is 0 Å². The molecule has 0 saturated carbocycles. The zero-order chi connectivity index (χ0) is 15.9. The van der Waals surface area contributed by atoms with E-state index < -0.39 is 6.10 Å². The van der Waals surface area contributed by atoms with E-state index in [1.54, 1.807) is 29.7 Å². The van der Waals surface area contributed by atoms with E-state index in [0.29, 0.717) is 12.3 Å². The first-order valence-corrected chi connectivity index (χ1v) is 8.10. The summed E-state index contributed by atoms with van der Waals surface area (Å²) < 4.78 is 5.18. The van der Waals surface area contributed by atoms with Gasteiger partial charge in [0.1, 0.15) is 11.9 Å². The van der Waals surface area contributed by atoms with Crippen molar-refractivity contribution >= 4 is 17.3 Å². The first kappa shape index (κ1) is 16.5. The lowest BCUT2D eigenvalue weighted by atomic mass is 10.3. The molecule has 0 radical (unpaired) electrons. The van der Waals surface area contributed by atoms with Crippen molar-refractivity contribution in [1.29, 1.82) is 0 Å². The molecule has 0 aliphatic rings. The number of guanidine groups is 1. The van der Waals surface area contributed by atoms with E-state index in [9.17, 15) is 5.11 Å². The third-order valence-corrected chi connectivity index (χ3v) is 3.87. The Balaban J connectivity index is 1.99. The molecule has 7 heteroatoms. The number of aliphatic imine (C=N–C) groups is 1. The van der Waals surface area contributed by atoms with Crippen molar-refractivity contribution in [3.8, 4) is 0 Å². The number of nitrogens with zero attached hydrogens (tertiary/aromatic N) is 3. The Hall–Kier alpha value is -1.86. The molecule has 0 saturated heterocycles. The summed E-state index contributed by atoms with van der Waals surface area (Å²) in [5, 5.41) is 16.4. The minimum Gasteiger partial charge on any atom is -0.467 e. The summed E-state index contributed by atoms with van der Waals surface area (Å²) in [5.41, 5.74) is 1.02. The van der Waals surface area contributed by atoms with Crippen molar-refractivity contribution in [2.45, 2.75) is 26.5 Å². The molecule has 6 nitrogen and oxygen atoms in total. The molecule has 2 aromatic heterocycles. The molecule has 1 atom stereocenters. The van der Waals surface area contributed by atoms with Crippen molar-refractivity contribution in [2.75, 3.05) is 20.1 Å². The van der Waals surface area contributed by atoms with Gasteiger partial charge in [-0.25, -0.2) is 9.98 Å². The molecule has 0 aliphatic heterocycles. The molecule has 0 fully saturated rings. The standard InChI is InChI=1S/C15H22N4O2S/c1-4-16-15(17-8-13(20)14-6-5-7-21-14)19(3)9-12-10-22-11(2)18-12/h5-7,10,13,20H,4,8-9H2,1-3H3,(H,16,17). The molecule has 2 heterocycles. The summed E-state index contributed by atoms with van der Waals surface area (Å²) in [6.45, 7) is 5.69. The molecule has 22 heavy (non-hydrogen) atoms. The Morgan fingerprint density at radius 2 is 2.41 bits per heavy atom. The number of hydrogen-bond acceptors (Lipinski definition) is 5. The average molecular weight is 322 g/mol. The van der Waals surface area contributed by atoms with Crippen molar-refractivity contribution in [1.82, 2.24) is 15.2 Å². The first-order chi connectivity index (χ1) is 10.6.